The summed E-state index contributed by atoms with van der Waals surface area (Å²) in [6, 6.07) is 7.67. The second kappa shape index (κ2) is 5.31. The molecule has 1 heterocycles. The van der Waals surface area contributed by atoms with Crippen molar-refractivity contribution < 1.29 is 4.79 Å². The van der Waals surface area contributed by atoms with Gasteiger partial charge in [0.2, 0.25) is 0 Å². The average Bonchev–Trinajstić information content (AvgIpc) is 2.34. The lowest BCUT2D eigenvalue weighted by atomic mass is 10.1. The molecule has 4 heteroatoms. The maximum atomic E-state index is 12.1. The Hall–Kier alpha value is -1.68. The van der Waals surface area contributed by atoms with Gasteiger partial charge in [0.15, 0.2) is 0 Å². The number of aromatic nitrogens is 1. The second-order valence-electron chi connectivity index (χ2n) is 4.11. The van der Waals surface area contributed by atoms with Crippen LogP contribution in [-0.2, 0) is 0 Å². The van der Waals surface area contributed by atoms with E-state index in [1.165, 1.54) is 0 Å². The molecular weight excluding hydrogens is 292 g/mol. The van der Waals surface area contributed by atoms with E-state index < -0.39 is 0 Å². The van der Waals surface area contributed by atoms with E-state index in [0.29, 0.717) is 5.56 Å². The van der Waals surface area contributed by atoms with Gasteiger partial charge in [-0.25, -0.2) is 0 Å². The van der Waals surface area contributed by atoms with Gasteiger partial charge < -0.3 is 5.32 Å². The first-order valence-electron chi connectivity index (χ1n) is 5.56. The number of para-hydroxylation sites is 1. The quantitative estimate of drug-likeness (QED) is 0.919. The van der Waals surface area contributed by atoms with Crippen molar-refractivity contribution in [3.63, 3.8) is 0 Å². The Kier molecular flexibility index (Phi) is 3.77. The number of anilines is 1. The van der Waals surface area contributed by atoms with Crippen LogP contribution in [-0.4, -0.2) is 10.9 Å². The summed E-state index contributed by atoms with van der Waals surface area (Å²) in [5.41, 5.74) is 3.49. The van der Waals surface area contributed by atoms with Gasteiger partial charge in [-0.2, -0.15) is 0 Å². The zero-order valence-corrected chi connectivity index (χ0v) is 11.8. The Labute approximate surface area is 114 Å². The van der Waals surface area contributed by atoms with Crippen LogP contribution in [0.15, 0.2) is 41.1 Å². The van der Waals surface area contributed by atoms with Crippen LogP contribution in [0.3, 0.4) is 0 Å². The number of carbonyl (C=O) groups excluding carboxylic acids is 1. The summed E-state index contributed by atoms with van der Waals surface area (Å²) in [7, 11) is 0. The van der Waals surface area contributed by atoms with Gasteiger partial charge in [0.25, 0.3) is 5.91 Å². The molecule has 92 valence electrons. The lowest BCUT2D eigenvalue weighted by molar-refractivity contribution is 0.102. The van der Waals surface area contributed by atoms with Gasteiger partial charge >= 0.3 is 0 Å². The van der Waals surface area contributed by atoms with Crippen LogP contribution in [0.2, 0.25) is 0 Å². The van der Waals surface area contributed by atoms with Crippen LogP contribution >= 0.6 is 15.9 Å². The number of rotatable bonds is 2. The molecule has 0 aliphatic heterocycles. The highest BCUT2D eigenvalue weighted by molar-refractivity contribution is 9.10. The summed E-state index contributed by atoms with van der Waals surface area (Å²) in [5, 5.41) is 2.92. The van der Waals surface area contributed by atoms with Crippen molar-refractivity contribution in [3.8, 4) is 0 Å². The van der Waals surface area contributed by atoms with Crippen LogP contribution < -0.4 is 5.32 Å². The van der Waals surface area contributed by atoms with Crippen molar-refractivity contribution in [3.05, 3.63) is 57.8 Å². The lowest BCUT2D eigenvalue weighted by Gasteiger charge is -2.11. The molecule has 1 N–H and O–H groups in total. The van der Waals surface area contributed by atoms with Crippen molar-refractivity contribution in [1.29, 1.82) is 0 Å². The molecule has 0 saturated carbocycles. The highest BCUT2D eigenvalue weighted by Gasteiger charge is 2.10. The zero-order valence-electron chi connectivity index (χ0n) is 10.2. The molecule has 0 atom stereocenters. The number of benzene rings is 1. The van der Waals surface area contributed by atoms with Gasteiger partial charge in [0, 0.05) is 22.6 Å². The Bertz CT molecular complexity index is 576. The van der Waals surface area contributed by atoms with Crippen molar-refractivity contribution in [2.45, 2.75) is 13.8 Å². The molecule has 18 heavy (non-hydrogen) atoms. The van der Waals surface area contributed by atoms with E-state index in [4.69, 9.17) is 0 Å². The third-order valence-corrected chi connectivity index (χ3v) is 3.12. The molecule has 0 spiro atoms. The SMILES string of the molecule is Cc1cccc(C)c1NC(=O)c1cncc(Br)c1. The summed E-state index contributed by atoms with van der Waals surface area (Å²) >= 11 is 3.30. The smallest absolute Gasteiger partial charge is 0.257 e. The minimum Gasteiger partial charge on any atom is -0.321 e. The van der Waals surface area contributed by atoms with E-state index in [1.807, 2.05) is 32.0 Å². The highest BCUT2D eigenvalue weighted by Crippen LogP contribution is 2.20. The summed E-state index contributed by atoms with van der Waals surface area (Å²) in [6.07, 6.45) is 3.20. The van der Waals surface area contributed by atoms with E-state index in [0.717, 1.165) is 21.3 Å². The molecule has 0 unspecified atom stereocenters. The van der Waals surface area contributed by atoms with Crippen molar-refractivity contribution in [2.24, 2.45) is 0 Å². The Balaban J connectivity index is 2.27. The normalized spacial score (nSPS) is 10.2. The Morgan fingerprint density at radius 2 is 1.89 bits per heavy atom. The van der Waals surface area contributed by atoms with E-state index in [2.05, 4.69) is 26.2 Å². The second-order valence-corrected chi connectivity index (χ2v) is 5.03. The Morgan fingerprint density at radius 3 is 2.50 bits per heavy atom. The van der Waals surface area contributed by atoms with E-state index in [-0.39, 0.29) is 5.91 Å². The number of nitrogens with one attached hydrogen (secondary N) is 1. The van der Waals surface area contributed by atoms with Crippen LogP contribution in [0.25, 0.3) is 0 Å². The molecular formula is C14H13BrN2O. The van der Waals surface area contributed by atoms with Crippen LogP contribution in [0.4, 0.5) is 5.69 Å². The number of nitrogens with zero attached hydrogens (tertiary/aromatic N) is 1. The summed E-state index contributed by atoms with van der Waals surface area (Å²) < 4.78 is 0.789. The van der Waals surface area contributed by atoms with Crippen molar-refractivity contribution in [2.75, 3.05) is 5.32 Å². The number of aryl methyl sites for hydroxylation is 2. The molecule has 2 aromatic rings. The van der Waals surface area contributed by atoms with E-state index >= 15 is 0 Å². The predicted molar refractivity (Wildman–Crippen MR) is 75.8 cm³/mol. The van der Waals surface area contributed by atoms with Gasteiger partial charge in [-0.15, -0.1) is 0 Å². The van der Waals surface area contributed by atoms with Crippen molar-refractivity contribution >= 4 is 27.5 Å². The van der Waals surface area contributed by atoms with Crippen LogP contribution in [0, 0.1) is 13.8 Å². The molecule has 0 fully saturated rings. The maximum Gasteiger partial charge on any atom is 0.257 e. The minimum absolute atomic E-state index is 0.152. The molecule has 2 rings (SSSR count). The number of halogens is 1. The largest absolute Gasteiger partial charge is 0.321 e. The van der Waals surface area contributed by atoms with Gasteiger partial charge in [-0.3, -0.25) is 9.78 Å². The highest BCUT2D eigenvalue weighted by atomic mass is 79.9. The topological polar surface area (TPSA) is 42.0 Å². The number of pyridine rings is 1. The molecule has 1 amide bonds. The number of hydrogen-bond acceptors (Lipinski definition) is 2. The van der Waals surface area contributed by atoms with Gasteiger partial charge in [-0.05, 0) is 47.0 Å². The third-order valence-electron chi connectivity index (χ3n) is 2.69. The first-order valence-corrected chi connectivity index (χ1v) is 6.35. The summed E-state index contributed by atoms with van der Waals surface area (Å²) in [6.45, 7) is 3.95. The van der Waals surface area contributed by atoms with Gasteiger partial charge in [-0.1, -0.05) is 18.2 Å². The molecule has 0 aliphatic carbocycles. The molecule has 0 bridgehead atoms. The van der Waals surface area contributed by atoms with Gasteiger partial charge in [0.1, 0.15) is 0 Å². The van der Waals surface area contributed by atoms with Gasteiger partial charge in [0.05, 0.1) is 5.56 Å². The Morgan fingerprint density at radius 1 is 1.22 bits per heavy atom. The lowest BCUT2D eigenvalue weighted by Crippen LogP contribution is -2.14. The maximum absolute atomic E-state index is 12.1. The monoisotopic (exact) mass is 304 g/mol. The fourth-order valence-corrected chi connectivity index (χ4v) is 2.10. The first-order chi connectivity index (χ1) is 8.58. The number of carbonyl (C=O) groups is 1. The zero-order chi connectivity index (χ0) is 13.1. The summed E-state index contributed by atoms with van der Waals surface area (Å²) in [4.78, 5) is 16.1. The average molecular weight is 305 g/mol. The third kappa shape index (κ3) is 2.76. The molecule has 3 nitrogen and oxygen atoms in total. The fraction of sp³-hybridized carbons (Fsp3) is 0.143. The van der Waals surface area contributed by atoms with Crippen LogP contribution in [0.5, 0.6) is 0 Å². The molecule has 0 saturated heterocycles. The minimum atomic E-state index is -0.152. The molecule has 0 radical (unpaired) electrons. The number of hydrogen-bond donors (Lipinski definition) is 1. The van der Waals surface area contributed by atoms with E-state index in [1.54, 1.807) is 18.5 Å². The summed E-state index contributed by atoms with van der Waals surface area (Å²) in [5.74, 6) is -0.152. The van der Waals surface area contributed by atoms with E-state index in [9.17, 15) is 4.79 Å². The first kappa shape index (κ1) is 12.8. The standard InChI is InChI=1S/C14H13BrN2O/c1-9-4-3-5-10(2)13(9)17-14(18)11-6-12(15)8-16-7-11/h3-8H,1-2H3,(H,17,18). The molecule has 1 aromatic carbocycles. The predicted octanol–water partition coefficient (Wildman–Crippen LogP) is 3.71. The number of amides is 1. The molecule has 1 aromatic heterocycles. The fourth-order valence-electron chi connectivity index (χ4n) is 1.73. The molecule has 0 aliphatic rings. The van der Waals surface area contributed by atoms with Crippen molar-refractivity contribution in [1.82, 2.24) is 4.98 Å². The van der Waals surface area contributed by atoms with Crippen LogP contribution in [0.1, 0.15) is 21.5 Å².